The van der Waals surface area contributed by atoms with E-state index >= 15 is 0 Å². The molecule has 0 amide bonds. The first-order valence-corrected chi connectivity index (χ1v) is 6.61. The first kappa shape index (κ1) is 13.1. The van der Waals surface area contributed by atoms with Crippen molar-refractivity contribution >= 4 is 0 Å². The molecule has 0 saturated heterocycles. The van der Waals surface area contributed by atoms with E-state index in [1.165, 1.54) is 25.6 Å². The molecule has 0 aliphatic heterocycles. The van der Waals surface area contributed by atoms with Gasteiger partial charge in [0.1, 0.15) is 6.33 Å². The molecule has 1 aliphatic rings. The van der Waals surface area contributed by atoms with Gasteiger partial charge in [-0.3, -0.25) is 0 Å². The van der Waals surface area contributed by atoms with Crippen LogP contribution in [0.5, 0.6) is 11.8 Å². The van der Waals surface area contributed by atoms with Gasteiger partial charge in [0.25, 0.3) is 0 Å². The van der Waals surface area contributed by atoms with Crippen molar-refractivity contribution in [3.63, 3.8) is 0 Å². The molecule has 2 N–H and O–H groups in total. The lowest BCUT2D eigenvalue weighted by Gasteiger charge is -2.17. The third-order valence-corrected chi connectivity index (χ3v) is 3.47. The van der Waals surface area contributed by atoms with E-state index in [-0.39, 0.29) is 0 Å². The molecule has 1 heterocycles. The maximum absolute atomic E-state index is 5.76. The Morgan fingerprint density at radius 2 is 1.94 bits per heavy atom. The molecule has 0 aromatic carbocycles. The van der Waals surface area contributed by atoms with Crippen LogP contribution in [0.15, 0.2) is 12.4 Å². The lowest BCUT2D eigenvalue weighted by molar-refractivity contribution is 0.208. The summed E-state index contributed by atoms with van der Waals surface area (Å²) in [6.07, 6.45) is 5.14. The Morgan fingerprint density at radius 1 is 1.22 bits per heavy atom. The summed E-state index contributed by atoms with van der Waals surface area (Å²) in [5, 5.41) is 0. The number of ether oxygens (including phenoxy) is 2. The molecule has 1 saturated carbocycles. The minimum Gasteiger partial charge on any atom is -0.478 e. The van der Waals surface area contributed by atoms with E-state index in [0.29, 0.717) is 36.8 Å². The van der Waals surface area contributed by atoms with Gasteiger partial charge in [0.15, 0.2) is 0 Å². The van der Waals surface area contributed by atoms with E-state index < -0.39 is 0 Å². The first-order chi connectivity index (χ1) is 8.83. The topological polar surface area (TPSA) is 70.3 Å². The van der Waals surface area contributed by atoms with E-state index in [2.05, 4.69) is 9.97 Å². The molecular weight excluding hydrogens is 230 g/mol. The minimum absolute atomic E-state index is 0.556. The summed E-state index contributed by atoms with van der Waals surface area (Å²) in [5.41, 5.74) is 5.76. The highest BCUT2D eigenvalue weighted by molar-refractivity contribution is 5.18. The molecular formula is C13H21N3O2. The highest BCUT2D eigenvalue weighted by Crippen LogP contribution is 2.31. The molecule has 1 aliphatic carbocycles. The van der Waals surface area contributed by atoms with E-state index in [1.54, 1.807) is 6.07 Å². The molecule has 1 aromatic rings. The quantitative estimate of drug-likeness (QED) is 0.832. The molecule has 0 bridgehead atoms. The summed E-state index contributed by atoms with van der Waals surface area (Å²) >= 11 is 0. The van der Waals surface area contributed by atoms with Crippen LogP contribution < -0.4 is 15.2 Å². The van der Waals surface area contributed by atoms with Crippen LogP contribution in [0.4, 0.5) is 0 Å². The summed E-state index contributed by atoms with van der Waals surface area (Å²) in [7, 11) is 0. The van der Waals surface area contributed by atoms with Crippen LogP contribution in [0.1, 0.15) is 26.2 Å². The molecule has 1 aromatic heterocycles. The summed E-state index contributed by atoms with van der Waals surface area (Å²) in [6, 6.07) is 1.73. The maximum atomic E-state index is 5.76. The van der Waals surface area contributed by atoms with E-state index in [4.69, 9.17) is 15.2 Å². The third kappa shape index (κ3) is 3.32. The van der Waals surface area contributed by atoms with Gasteiger partial charge >= 0.3 is 0 Å². The lowest BCUT2D eigenvalue weighted by atomic mass is 9.97. The van der Waals surface area contributed by atoms with Crippen LogP contribution in [0.3, 0.4) is 0 Å². The van der Waals surface area contributed by atoms with Crippen LogP contribution in [0, 0.1) is 11.8 Å². The molecule has 5 heteroatoms. The van der Waals surface area contributed by atoms with Crippen molar-refractivity contribution < 1.29 is 9.47 Å². The number of rotatable bonds is 6. The highest BCUT2D eigenvalue weighted by atomic mass is 16.5. The van der Waals surface area contributed by atoms with Gasteiger partial charge in [-0.25, -0.2) is 9.97 Å². The van der Waals surface area contributed by atoms with Crippen molar-refractivity contribution in [2.45, 2.75) is 26.2 Å². The zero-order valence-electron chi connectivity index (χ0n) is 10.8. The molecule has 18 heavy (non-hydrogen) atoms. The Morgan fingerprint density at radius 3 is 2.67 bits per heavy atom. The van der Waals surface area contributed by atoms with Crippen LogP contribution in [-0.4, -0.2) is 29.7 Å². The second-order valence-electron chi connectivity index (χ2n) is 4.63. The number of hydrogen-bond donors (Lipinski definition) is 1. The zero-order chi connectivity index (χ0) is 12.8. The summed E-state index contributed by atoms with van der Waals surface area (Å²) in [4.78, 5) is 8.10. The first-order valence-electron chi connectivity index (χ1n) is 6.61. The van der Waals surface area contributed by atoms with Crippen LogP contribution in [0.25, 0.3) is 0 Å². The Balaban J connectivity index is 1.87. The van der Waals surface area contributed by atoms with E-state index in [1.807, 2.05) is 6.92 Å². The molecule has 2 atom stereocenters. The number of hydrogen-bond acceptors (Lipinski definition) is 5. The summed E-state index contributed by atoms with van der Waals surface area (Å²) in [6.45, 7) is 3.95. The van der Waals surface area contributed by atoms with Gasteiger partial charge in [-0.1, -0.05) is 6.42 Å². The average molecular weight is 251 g/mol. The predicted octanol–water partition coefficient (Wildman–Crippen LogP) is 1.63. The number of nitrogens with zero attached hydrogens (tertiary/aromatic N) is 2. The minimum atomic E-state index is 0.556. The molecule has 2 rings (SSSR count). The Labute approximate surface area is 108 Å². The van der Waals surface area contributed by atoms with E-state index in [0.717, 1.165) is 6.54 Å². The fraction of sp³-hybridized carbons (Fsp3) is 0.692. The number of nitrogens with two attached hydrogens (primary N) is 1. The molecule has 0 spiro atoms. The van der Waals surface area contributed by atoms with Crippen molar-refractivity contribution in [3.05, 3.63) is 12.4 Å². The van der Waals surface area contributed by atoms with Crippen molar-refractivity contribution in [1.29, 1.82) is 0 Å². The Hall–Kier alpha value is -1.36. The van der Waals surface area contributed by atoms with Crippen molar-refractivity contribution in [2.24, 2.45) is 17.6 Å². The smallest absolute Gasteiger partial charge is 0.220 e. The Bertz CT molecular complexity index is 373. The van der Waals surface area contributed by atoms with Gasteiger partial charge in [-0.2, -0.15) is 0 Å². The van der Waals surface area contributed by atoms with Gasteiger partial charge in [0.2, 0.25) is 11.8 Å². The second-order valence-corrected chi connectivity index (χ2v) is 4.63. The predicted molar refractivity (Wildman–Crippen MR) is 68.6 cm³/mol. The molecule has 5 nitrogen and oxygen atoms in total. The fourth-order valence-electron chi connectivity index (χ4n) is 2.46. The number of aromatic nitrogens is 2. The largest absolute Gasteiger partial charge is 0.478 e. The third-order valence-electron chi connectivity index (χ3n) is 3.47. The van der Waals surface area contributed by atoms with Crippen LogP contribution in [-0.2, 0) is 0 Å². The molecule has 1 fully saturated rings. The maximum Gasteiger partial charge on any atom is 0.220 e. The fourth-order valence-corrected chi connectivity index (χ4v) is 2.46. The monoisotopic (exact) mass is 251 g/mol. The van der Waals surface area contributed by atoms with Gasteiger partial charge in [0.05, 0.1) is 19.3 Å². The van der Waals surface area contributed by atoms with Crippen LogP contribution >= 0.6 is 0 Å². The standard InChI is InChI=1S/C13H21N3O2/c1-2-17-12-6-13(16-9-15-12)18-8-11-5-3-4-10(11)7-14/h6,9-11H,2-5,7-8,14H2,1H3. The normalized spacial score (nSPS) is 23.0. The molecule has 100 valence electrons. The second kappa shape index (κ2) is 6.54. The lowest BCUT2D eigenvalue weighted by Crippen LogP contribution is -2.23. The van der Waals surface area contributed by atoms with Gasteiger partial charge in [0, 0.05) is 0 Å². The average Bonchev–Trinajstić information content (AvgIpc) is 2.84. The Kier molecular flexibility index (Phi) is 4.75. The van der Waals surface area contributed by atoms with Crippen LogP contribution in [0.2, 0.25) is 0 Å². The van der Waals surface area contributed by atoms with Crippen molar-refractivity contribution in [2.75, 3.05) is 19.8 Å². The van der Waals surface area contributed by atoms with Crippen molar-refractivity contribution in [1.82, 2.24) is 9.97 Å². The highest BCUT2D eigenvalue weighted by Gasteiger charge is 2.26. The van der Waals surface area contributed by atoms with Gasteiger partial charge < -0.3 is 15.2 Å². The zero-order valence-corrected chi connectivity index (χ0v) is 10.8. The summed E-state index contributed by atoms with van der Waals surface area (Å²) < 4.78 is 11.0. The van der Waals surface area contributed by atoms with Gasteiger partial charge in [-0.15, -0.1) is 0 Å². The van der Waals surface area contributed by atoms with E-state index in [9.17, 15) is 0 Å². The van der Waals surface area contributed by atoms with Gasteiger partial charge in [-0.05, 0) is 38.1 Å². The molecule has 2 unspecified atom stereocenters. The molecule has 0 radical (unpaired) electrons. The van der Waals surface area contributed by atoms with Crippen molar-refractivity contribution in [3.8, 4) is 11.8 Å². The summed E-state index contributed by atoms with van der Waals surface area (Å²) in [5.74, 6) is 2.29. The SMILES string of the molecule is CCOc1cc(OCC2CCCC2CN)ncn1.